The van der Waals surface area contributed by atoms with Crippen LogP contribution in [0.15, 0.2) is 18.2 Å². The standard InChI is InChI=1S/C18H23NO3/c1-11-7-12(2)9-14(8-11)17(20)19-15-6-4-3-5-13(15)10-16(19)18(21)22/h7-9,13,15-16H,3-6,10H2,1-2H3,(H,21,22). The molecule has 1 saturated heterocycles. The maximum Gasteiger partial charge on any atom is 0.326 e. The van der Waals surface area contributed by atoms with Crippen LogP contribution < -0.4 is 0 Å². The van der Waals surface area contributed by atoms with Gasteiger partial charge in [-0.3, -0.25) is 4.79 Å². The summed E-state index contributed by atoms with van der Waals surface area (Å²) in [6, 6.07) is 5.19. The Bertz CT molecular complexity index is 590. The van der Waals surface area contributed by atoms with Crippen molar-refractivity contribution in [3.05, 3.63) is 34.9 Å². The summed E-state index contributed by atoms with van der Waals surface area (Å²) in [6.07, 6.45) is 4.83. The Morgan fingerprint density at radius 1 is 1.09 bits per heavy atom. The van der Waals surface area contributed by atoms with Gasteiger partial charge in [0.1, 0.15) is 6.04 Å². The molecule has 3 unspecified atom stereocenters. The second kappa shape index (κ2) is 5.75. The van der Waals surface area contributed by atoms with Crippen LogP contribution in [0.5, 0.6) is 0 Å². The number of aryl methyl sites for hydroxylation is 2. The van der Waals surface area contributed by atoms with Gasteiger partial charge in [0.25, 0.3) is 5.91 Å². The number of hydrogen-bond acceptors (Lipinski definition) is 2. The van der Waals surface area contributed by atoms with Crippen LogP contribution in [-0.2, 0) is 4.79 Å². The number of carboxylic acid groups (broad SMARTS) is 1. The van der Waals surface area contributed by atoms with Crippen LogP contribution in [0.1, 0.15) is 53.6 Å². The first-order valence-electron chi connectivity index (χ1n) is 8.11. The molecule has 118 valence electrons. The Hall–Kier alpha value is -1.84. The Morgan fingerprint density at radius 3 is 2.36 bits per heavy atom. The molecular weight excluding hydrogens is 278 g/mol. The van der Waals surface area contributed by atoms with E-state index in [-0.39, 0.29) is 11.9 Å². The van der Waals surface area contributed by atoms with E-state index in [4.69, 9.17) is 0 Å². The molecule has 3 atom stereocenters. The van der Waals surface area contributed by atoms with Gasteiger partial charge in [0.2, 0.25) is 0 Å². The predicted molar refractivity (Wildman–Crippen MR) is 83.9 cm³/mol. The number of aliphatic carboxylic acids is 1. The van der Waals surface area contributed by atoms with Crippen molar-refractivity contribution < 1.29 is 14.7 Å². The van der Waals surface area contributed by atoms with E-state index in [1.807, 2.05) is 32.0 Å². The molecule has 1 saturated carbocycles. The van der Waals surface area contributed by atoms with Crippen molar-refractivity contribution in [3.63, 3.8) is 0 Å². The molecule has 1 N–H and O–H groups in total. The summed E-state index contributed by atoms with van der Waals surface area (Å²) < 4.78 is 0. The van der Waals surface area contributed by atoms with Gasteiger partial charge in [-0.2, -0.15) is 0 Å². The molecule has 0 bridgehead atoms. The lowest BCUT2D eigenvalue weighted by atomic mass is 9.84. The molecule has 0 spiro atoms. The maximum absolute atomic E-state index is 13.0. The maximum atomic E-state index is 13.0. The summed E-state index contributed by atoms with van der Waals surface area (Å²) in [4.78, 5) is 26.3. The highest BCUT2D eigenvalue weighted by molar-refractivity contribution is 5.97. The van der Waals surface area contributed by atoms with E-state index in [0.29, 0.717) is 17.9 Å². The first-order valence-corrected chi connectivity index (χ1v) is 8.11. The number of rotatable bonds is 2. The van der Waals surface area contributed by atoms with E-state index >= 15 is 0 Å². The quantitative estimate of drug-likeness (QED) is 0.913. The fourth-order valence-electron chi connectivity index (χ4n) is 4.22. The van der Waals surface area contributed by atoms with Crippen molar-refractivity contribution in [2.75, 3.05) is 0 Å². The van der Waals surface area contributed by atoms with Crippen LogP contribution in [0.3, 0.4) is 0 Å². The van der Waals surface area contributed by atoms with E-state index in [1.165, 1.54) is 0 Å². The molecule has 0 aromatic heterocycles. The van der Waals surface area contributed by atoms with E-state index < -0.39 is 12.0 Å². The molecular formula is C18H23NO3. The third-order valence-electron chi connectivity index (χ3n) is 5.08. The van der Waals surface area contributed by atoms with Gasteiger partial charge in [0.05, 0.1) is 0 Å². The Labute approximate surface area is 131 Å². The number of carboxylic acids is 1. The first-order chi connectivity index (χ1) is 10.5. The number of benzene rings is 1. The fourth-order valence-corrected chi connectivity index (χ4v) is 4.22. The van der Waals surface area contributed by atoms with E-state index in [0.717, 1.165) is 36.8 Å². The smallest absolute Gasteiger partial charge is 0.326 e. The molecule has 0 radical (unpaired) electrons. The van der Waals surface area contributed by atoms with Gasteiger partial charge in [0.15, 0.2) is 0 Å². The first kappa shape index (κ1) is 15.1. The number of carbonyl (C=O) groups excluding carboxylic acids is 1. The zero-order valence-electron chi connectivity index (χ0n) is 13.2. The predicted octanol–water partition coefficient (Wildman–Crippen LogP) is 3.16. The molecule has 4 heteroatoms. The molecule has 1 heterocycles. The zero-order chi connectivity index (χ0) is 15.9. The third kappa shape index (κ3) is 2.62. The molecule has 3 rings (SSSR count). The average molecular weight is 301 g/mol. The van der Waals surface area contributed by atoms with Crippen molar-refractivity contribution in [1.29, 1.82) is 0 Å². The van der Waals surface area contributed by atoms with Gasteiger partial charge in [-0.15, -0.1) is 0 Å². The average Bonchev–Trinajstić information content (AvgIpc) is 2.85. The molecule has 1 aromatic rings. The second-order valence-electron chi connectivity index (χ2n) is 6.79. The van der Waals surface area contributed by atoms with Crippen molar-refractivity contribution >= 4 is 11.9 Å². The van der Waals surface area contributed by atoms with Gasteiger partial charge in [0, 0.05) is 11.6 Å². The number of likely N-dealkylation sites (tertiary alicyclic amines) is 1. The minimum Gasteiger partial charge on any atom is -0.480 e. The molecule has 1 aliphatic heterocycles. The Balaban J connectivity index is 1.95. The van der Waals surface area contributed by atoms with Gasteiger partial charge in [-0.25, -0.2) is 4.79 Å². The highest BCUT2D eigenvalue weighted by Gasteiger charge is 2.47. The number of amides is 1. The van der Waals surface area contributed by atoms with Crippen molar-refractivity contribution in [2.45, 2.75) is 58.0 Å². The van der Waals surface area contributed by atoms with E-state index in [1.54, 1.807) is 4.90 Å². The highest BCUT2D eigenvalue weighted by atomic mass is 16.4. The molecule has 22 heavy (non-hydrogen) atoms. The molecule has 1 aliphatic carbocycles. The van der Waals surface area contributed by atoms with Gasteiger partial charge in [-0.05, 0) is 51.2 Å². The summed E-state index contributed by atoms with van der Waals surface area (Å²) in [7, 11) is 0. The zero-order valence-corrected chi connectivity index (χ0v) is 13.2. The minimum atomic E-state index is -0.868. The SMILES string of the molecule is Cc1cc(C)cc(C(=O)N2C(C(=O)O)CC3CCCCC32)c1. The lowest BCUT2D eigenvalue weighted by molar-refractivity contribution is -0.141. The van der Waals surface area contributed by atoms with E-state index in [2.05, 4.69) is 0 Å². The summed E-state index contributed by atoms with van der Waals surface area (Å²) in [5.41, 5.74) is 2.69. The summed E-state index contributed by atoms with van der Waals surface area (Å²) in [5.74, 6) is -0.634. The number of fused-ring (bicyclic) bond motifs is 1. The fraction of sp³-hybridized carbons (Fsp3) is 0.556. The van der Waals surface area contributed by atoms with Gasteiger partial charge in [-0.1, -0.05) is 30.0 Å². The minimum absolute atomic E-state index is 0.100. The van der Waals surface area contributed by atoms with Crippen molar-refractivity contribution in [1.82, 2.24) is 4.90 Å². The van der Waals surface area contributed by atoms with Crippen LogP contribution in [0.25, 0.3) is 0 Å². The van der Waals surface area contributed by atoms with Crippen molar-refractivity contribution in [2.24, 2.45) is 5.92 Å². The molecule has 2 aliphatic rings. The van der Waals surface area contributed by atoms with Gasteiger partial charge >= 0.3 is 5.97 Å². The molecule has 2 fully saturated rings. The van der Waals surface area contributed by atoms with Crippen molar-refractivity contribution in [3.8, 4) is 0 Å². The number of hydrogen-bond donors (Lipinski definition) is 1. The number of carbonyl (C=O) groups is 2. The summed E-state index contributed by atoms with van der Waals surface area (Å²) in [6.45, 7) is 3.93. The third-order valence-corrected chi connectivity index (χ3v) is 5.08. The van der Waals surface area contributed by atoms with Crippen LogP contribution in [0.2, 0.25) is 0 Å². The molecule has 1 aromatic carbocycles. The molecule has 1 amide bonds. The lowest BCUT2D eigenvalue weighted by Gasteiger charge is -2.33. The van der Waals surface area contributed by atoms with Crippen LogP contribution in [0, 0.1) is 19.8 Å². The van der Waals surface area contributed by atoms with E-state index in [9.17, 15) is 14.7 Å². The Morgan fingerprint density at radius 2 is 1.73 bits per heavy atom. The number of nitrogens with zero attached hydrogens (tertiary/aromatic N) is 1. The highest BCUT2D eigenvalue weighted by Crippen LogP contribution is 2.40. The Kier molecular flexibility index (Phi) is 3.94. The second-order valence-corrected chi connectivity index (χ2v) is 6.79. The largest absolute Gasteiger partial charge is 0.480 e. The van der Waals surface area contributed by atoms with Crippen LogP contribution in [-0.4, -0.2) is 34.0 Å². The topological polar surface area (TPSA) is 57.6 Å². The van der Waals surface area contributed by atoms with Crippen LogP contribution in [0.4, 0.5) is 0 Å². The van der Waals surface area contributed by atoms with Gasteiger partial charge < -0.3 is 10.0 Å². The van der Waals surface area contributed by atoms with Crippen LogP contribution >= 0.6 is 0 Å². The molecule has 4 nitrogen and oxygen atoms in total. The lowest BCUT2D eigenvalue weighted by Crippen LogP contribution is -2.46. The normalized spacial score (nSPS) is 27.5. The summed E-state index contributed by atoms with van der Waals surface area (Å²) >= 11 is 0. The monoisotopic (exact) mass is 301 g/mol. The summed E-state index contributed by atoms with van der Waals surface area (Å²) in [5, 5.41) is 9.54.